The number of nitrogens with zero attached hydrogens (tertiary/aromatic N) is 1. The Morgan fingerprint density at radius 2 is 2.05 bits per heavy atom. The number of esters is 1. The number of rotatable bonds is 3. The van der Waals surface area contributed by atoms with Crippen molar-refractivity contribution >= 4 is 39.8 Å². The van der Waals surface area contributed by atoms with Crippen molar-refractivity contribution in [3.8, 4) is 0 Å². The number of anilines is 1. The van der Waals surface area contributed by atoms with Crippen LogP contribution in [0.15, 0.2) is 5.10 Å². The van der Waals surface area contributed by atoms with E-state index < -0.39 is 11.9 Å². The quantitative estimate of drug-likeness (QED) is 0.824. The van der Waals surface area contributed by atoms with Gasteiger partial charge < -0.3 is 10.1 Å². The summed E-state index contributed by atoms with van der Waals surface area (Å²) in [7, 11) is 1.29. The van der Waals surface area contributed by atoms with Crippen molar-refractivity contribution in [1.29, 1.82) is 0 Å². The second-order valence-corrected chi connectivity index (χ2v) is 5.75. The van der Waals surface area contributed by atoms with Gasteiger partial charge in [0.25, 0.3) is 5.91 Å². The number of carbonyl (C=O) groups excluding carboxylic acids is 3. The fraction of sp³-hybridized carbons (Fsp3) is 0.385. The molecule has 2 rings (SSSR count). The van der Waals surface area contributed by atoms with Crippen LogP contribution in [-0.4, -0.2) is 30.6 Å². The lowest BCUT2D eigenvalue weighted by Gasteiger charge is -2.12. The molecule has 0 atom stereocenters. The van der Waals surface area contributed by atoms with E-state index in [0.717, 1.165) is 10.4 Å². The van der Waals surface area contributed by atoms with Crippen LogP contribution in [0.25, 0.3) is 0 Å². The van der Waals surface area contributed by atoms with Crippen LogP contribution in [0.3, 0.4) is 0 Å². The third-order valence-corrected chi connectivity index (χ3v) is 4.29. The molecular formula is C13H15N3O4S. The van der Waals surface area contributed by atoms with Crippen LogP contribution in [-0.2, 0) is 14.3 Å². The van der Waals surface area contributed by atoms with E-state index in [1.165, 1.54) is 18.4 Å². The molecule has 0 bridgehead atoms. The van der Waals surface area contributed by atoms with Gasteiger partial charge in [0.2, 0.25) is 5.91 Å². The van der Waals surface area contributed by atoms with Gasteiger partial charge in [0.05, 0.1) is 12.7 Å². The molecule has 0 radical (unpaired) electrons. The van der Waals surface area contributed by atoms with E-state index in [9.17, 15) is 14.4 Å². The van der Waals surface area contributed by atoms with Crippen molar-refractivity contribution in [3.05, 3.63) is 16.0 Å². The highest BCUT2D eigenvalue weighted by molar-refractivity contribution is 7.17. The summed E-state index contributed by atoms with van der Waals surface area (Å²) in [6, 6.07) is 0. The minimum absolute atomic E-state index is 0.218. The number of aryl methyl sites for hydroxylation is 1. The summed E-state index contributed by atoms with van der Waals surface area (Å²) in [5.74, 6) is -1.14. The minimum Gasteiger partial charge on any atom is -0.465 e. The lowest BCUT2D eigenvalue weighted by atomic mass is 10.1. The van der Waals surface area contributed by atoms with E-state index in [4.69, 9.17) is 4.74 Å². The summed E-state index contributed by atoms with van der Waals surface area (Å²) in [6.07, 6.45) is 0.493. The zero-order valence-electron chi connectivity index (χ0n) is 11.9. The number of ether oxygens (including phenoxy) is 1. The summed E-state index contributed by atoms with van der Waals surface area (Å²) in [6.45, 7) is 3.66. The van der Waals surface area contributed by atoms with Gasteiger partial charge in [-0.15, -0.1) is 11.3 Å². The third-order valence-electron chi connectivity index (χ3n) is 3.17. The molecule has 8 heteroatoms. The molecule has 0 fully saturated rings. The van der Waals surface area contributed by atoms with Gasteiger partial charge in [-0.3, -0.25) is 9.59 Å². The molecule has 0 saturated carbocycles. The highest BCUT2D eigenvalue weighted by Gasteiger charge is 2.24. The summed E-state index contributed by atoms with van der Waals surface area (Å²) in [5.41, 5.74) is 3.63. The molecule has 1 aliphatic heterocycles. The van der Waals surface area contributed by atoms with Crippen LogP contribution in [0.1, 0.15) is 33.6 Å². The molecule has 21 heavy (non-hydrogen) atoms. The second kappa shape index (κ2) is 6.04. The number of methoxy groups -OCH3 is 1. The molecule has 2 N–H and O–H groups in total. The van der Waals surface area contributed by atoms with E-state index >= 15 is 0 Å². The Morgan fingerprint density at radius 1 is 1.33 bits per heavy atom. The second-order valence-electron chi connectivity index (χ2n) is 4.53. The third kappa shape index (κ3) is 3.10. The van der Waals surface area contributed by atoms with Gasteiger partial charge >= 0.3 is 5.97 Å². The predicted octanol–water partition coefficient (Wildman–Crippen LogP) is 1.36. The van der Waals surface area contributed by atoms with Crippen molar-refractivity contribution in [1.82, 2.24) is 5.43 Å². The van der Waals surface area contributed by atoms with E-state index in [-0.39, 0.29) is 24.5 Å². The summed E-state index contributed by atoms with van der Waals surface area (Å²) < 4.78 is 4.74. The first-order chi connectivity index (χ1) is 9.93. The molecule has 1 aliphatic rings. The van der Waals surface area contributed by atoms with Crippen molar-refractivity contribution in [3.63, 3.8) is 0 Å². The predicted molar refractivity (Wildman–Crippen MR) is 78.6 cm³/mol. The number of hydrogen-bond donors (Lipinski definition) is 2. The van der Waals surface area contributed by atoms with Gasteiger partial charge in [-0.2, -0.15) is 5.10 Å². The fourth-order valence-corrected chi connectivity index (χ4v) is 2.92. The Morgan fingerprint density at radius 3 is 2.62 bits per heavy atom. The van der Waals surface area contributed by atoms with Gasteiger partial charge in [0.15, 0.2) is 0 Å². The maximum atomic E-state index is 12.1. The molecule has 0 saturated heterocycles. The standard InChI is InChI=1S/C13H15N3O4S/c1-6-7(2)21-12(10(6)13(19)20-3)14-11(18)8-4-5-9(17)16-15-8/h4-5H2,1-3H3,(H,14,18)(H,16,17). The first-order valence-electron chi connectivity index (χ1n) is 6.29. The molecular weight excluding hydrogens is 294 g/mol. The number of hydrogen-bond acceptors (Lipinski definition) is 6. The maximum Gasteiger partial charge on any atom is 0.341 e. The minimum atomic E-state index is -0.494. The number of carbonyl (C=O) groups is 3. The van der Waals surface area contributed by atoms with E-state index in [1.54, 1.807) is 6.92 Å². The average molecular weight is 309 g/mol. The fourth-order valence-electron chi connectivity index (χ4n) is 1.88. The molecule has 0 spiro atoms. The zero-order chi connectivity index (χ0) is 15.6. The van der Waals surface area contributed by atoms with Crippen LogP contribution >= 0.6 is 11.3 Å². The smallest absolute Gasteiger partial charge is 0.341 e. The maximum absolute atomic E-state index is 12.1. The van der Waals surface area contributed by atoms with Crippen LogP contribution in [0, 0.1) is 13.8 Å². The van der Waals surface area contributed by atoms with Gasteiger partial charge in [0, 0.05) is 17.7 Å². The highest BCUT2D eigenvalue weighted by Crippen LogP contribution is 2.33. The number of thiophene rings is 1. The van der Waals surface area contributed by atoms with E-state index in [0.29, 0.717) is 10.6 Å². The zero-order valence-corrected chi connectivity index (χ0v) is 12.7. The molecule has 0 aromatic carbocycles. The average Bonchev–Trinajstić information content (AvgIpc) is 2.73. The topological polar surface area (TPSA) is 96.9 Å². The van der Waals surface area contributed by atoms with Crippen molar-refractivity contribution in [2.45, 2.75) is 26.7 Å². The van der Waals surface area contributed by atoms with Gasteiger partial charge in [-0.25, -0.2) is 10.2 Å². The monoisotopic (exact) mass is 309 g/mol. The van der Waals surface area contributed by atoms with Crippen LogP contribution in [0.5, 0.6) is 0 Å². The van der Waals surface area contributed by atoms with Crippen LogP contribution in [0.4, 0.5) is 5.00 Å². The van der Waals surface area contributed by atoms with Crippen molar-refractivity contribution in [2.75, 3.05) is 12.4 Å². The highest BCUT2D eigenvalue weighted by atomic mass is 32.1. The van der Waals surface area contributed by atoms with E-state index in [1.807, 2.05) is 6.92 Å². The summed E-state index contributed by atoms with van der Waals surface area (Å²) in [4.78, 5) is 35.9. The Bertz CT molecular complexity index is 648. The first kappa shape index (κ1) is 15.2. The summed E-state index contributed by atoms with van der Waals surface area (Å²) in [5, 5.41) is 6.82. The molecule has 1 aromatic rings. The van der Waals surface area contributed by atoms with Crippen molar-refractivity contribution < 1.29 is 19.1 Å². The molecule has 0 aliphatic carbocycles. The molecule has 2 heterocycles. The van der Waals surface area contributed by atoms with Crippen LogP contribution in [0.2, 0.25) is 0 Å². The molecule has 0 unspecified atom stereocenters. The largest absolute Gasteiger partial charge is 0.465 e. The Labute approximate surface area is 125 Å². The number of hydrazone groups is 1. The van der Waals surface area contributed by atoms with Gasteiger partial charge in [0.1, 0.15) is 10.7 Å². The van der Waals surface area contributed by atoms with Crippen molar-refractivity contribution in [2.24, 2.45) is 5.10 Å². The molecule has 2 amide bonds. The Balaban J connectivity index is 2.24. The number of amides is 2. The van der Waals surface area contributed by atoms with Gasteiger partial charge in [-0.05, 0) is 19.4 Å². The molecule has 1 aromatic heterocycles. The van der Waals surface area contributed by atoms with Crippen LogP contribution < -0.4 is 10.7 Å². The number of nitrogens with one attached hydrogen (secondary N) is 2. The lowest BCUT2D eigenvalue weighted by molar-refractivity contribution is -0.121. The SMILES string of the molecule is COC(=O)c1c(NC(=O)C2=NNC(=O)CC2)sc(C)c1C. The summed E-state index contributed by atoms with van der Waals surface area (Å²) >= 11 is 1.30. The normalized spacial score (nSPS) is 14.2. The molecule has 7 nitrogen and oxygen atoms in total. The van der Waals surface area contributed by atoms with E-state index in [2.05, 4.69) is 15.8 Å². The first-order valence-corrected chi connectivity index (χ1v) is 7.10. The molecule has 112 valence electrons. The lowest BCUT2D eigenvalue weighted by Crippen LogP contribution is -2.32. The van der Waals surface area contributed by atoms with Gasteiger partial charge in [-0.1, -0.05) is 0 Å². The Kier molecular flexibility index (Phi) is 4.37. The Hall–Kier alpha value is -2.22.